The molecule has 7 rings (SSSR count). The largest absolute Gasteiger partial charge is 0.370 e. The second-order valence-corrected chi connectivity index (χ2v) is 13.6. The molecule has 4 aromatic rings. The van der Waals surface area contributed by atoms with Gasteiger partial charge < -0.3 is 20.0 Å². The standard InChI is InChI=1S/C32H36N10O4S/c1-22-34-26(36-30-33-16-25(17-43)47-30)15-27(35-22)39-13-11-38(12-14-39)9-2-3-29(45)41-20-32(21-41)18-40(19-32)23-4-6-24(7-5-23)42-10-8-28(44)37-31(42)46/h4-8,10,15-17H,2-3,9,11-14,18-21H2,1H3,(H,37,44,46)(H,33,34,35,36). The molecule has 0 unspecified atom stereocenters. The molecular weight excluding hydrogens is 620 g/mol. The quantitative estimate of drug-likeness (QED) is 0.241. The van der Waals surface area contributed by atoms with E-state index in [0.29, 0.717) is 33.8 Å². The van der Waals surface area contributed by atoms with Gasteiger partial charge >= 0.3 is 5.69 Å². The van der Waals surface area contributed by atoms with E-state index in [-0.39, 0.29) is 11.3 Å². The SMILES string of the molecule is Cc1nc(Nc2ncc(C=O)s2)cc(N2CCN(CCCC(=O)N3CC4(C3)CN(c3ccc(-n5ccc(=O)[nH]c5=O)cc3)C4)CC2)n1. The molecule has 3 aliphatic heterocycles. The van der Waals surface area contributed by atoms with Crippen molar-refractivity contribution in [2.45, 2.75) is 19.8 Å². The first-order valence-corrected chi connectivity index (χ1v) is 16.5. The van der Waals surface area contributed by atoms with Gasteiger partial charge in [-0.15, -0.1) is 0 Å². The van der Waals surface area contributed by atoms with E-state index in [1.54, 1.807) is 0 Å². The highest BCUT2D eigenvalue weighted by molar-refractivity contribution is 7.17. The van der Waals surface area contributed by atoms with E-state index in [1.807, 2.05) is 42.2 Å². The summed E-state index contributed by atoms with van der Waals surface area (Å²) in [4.78, 5) is 72.4. The predicted octanol–water partition coefficient (Wildman–Crippen LogP) is 1.89. The average molecular weight is 657 g/mol. The molecule has 0 saturated carbocycles. The minimum atomic E-state index is -0.461. The van der Waals surface area contributed by atoms with Crippen molar-refractivity contribution in [2.75, 3.05) is 74.0 Å². The summed E-state index contributed by atoms with van der Waals surface area (Å²) in [5.74, 6) is 2.42. The minimum absolute atomic E-state index is 0.175. The first-order valence-electron chi connectivity index (χ1n) is 15.7. The minimum Gasteiger partial charge on any atom is -0.370 e. The molecule has 14 nitrogen and oxygen atoms in total. The lowest BCUT2D eigenvalue weighted by molar-refractivity contribution is -0.145. The monoisotopic (exact) mass is 656 g/mol. The van der Waals surface area contributed by atoms with Gasteiger partial charge in [0.15, 0.2) is 11.4 Å². The van der Waals surface area contributed by atoms with Gasteiger partial charge in [0, 0.05) is 88.2 Å². The van der Waals surface area contributed by atoms with E-state index in [9.17, 15) is 19.2 Å². The Bertz CT molecular complexity index is 1880. The second-order valence-electron chi connectivity index (χ2n) is 12.5. The predicted molar refractivity (Wildman–Crippen MR) is 179 cm³/mol. The van der Waals surface area contributed by atoms with E-state index in [4.69, 9.17) is 0 Å². The third-order valence-corrected chi connectivity index (χ3v) is 9.87. The number of piperazine rings is 1. The van der Waals surface area contributed by atoms with Crippen LogP contribution in [0.2, 0.25) is 0 Å². The van der Waals surface area contributed by atoms with Crippen LogP contribution in [0.3, 0.4) is 0 Å². The zero-order chi connectivity index (χ0) is 32.5. The number of aryl methyl sites for hydroxylation is 1. The van der Waals surface area contributed by atoms with Crippen molar-refractivity contribution < 1.29 is 9.59 Å². The number of hydrogen-bond acceptors (Lipinski definition) is 12. The number of rotatable bonds is 10. The van der Waals surface area contributed by atoms with Crippen LogP contribution in [0.15, 0.2) is 58.4 Å². The molecule has 1 amide bonds. The van der Waals surface area contributed by atoms with Gasteiger partial charge in [0.1, 0.15) is 17.5 Å². The van der Waals surface area contributed by atoms with E-state index in [2.05, 4.69) is 40.0 Å². The molecule has 3 aliphatic rings. The maximum absolute atomic E-state index is 12.9. The van der Waals surface area contributed by atoms with Crippen LogP contribution in [0.25, 0.3) is 5.69 Å². The summed E-state index contributed by atoms with van der Waals surface area (Å²) < 4.78 is 1.41. The fraction of sp³-hybridized carbons (Fsp3) is 0.406. The average Bonchev–Trinajstić information content (AvgIpc) is 3.48. The molecule has 0 radical (unpaired) electrons. The Labute approximate surface area is 274 Å². The van der Waals surface area contributed by atoms with E-state index in [1.165, 1.54) is 34.4 Å². The summed E-state index contributed by atoms with van der Waals surface area (Å²) in [6.07, 6.45) is 5.21. The molecule has 244 valence electrons. The summed E-state index contributed by atoms with van der Waals surface area (Å²) in [5, 5.41) is 3.80. The van der Waals surface area contributed by atoms with Crippen LogP contribution in [0.5, 0.6) is 0 Å². The smallest absolute Gasteiger partial charge is 0.332 e. The van der Waals surface area contributed by atoms with Crippen molar-refractivity contribution in [3.8, 4) is 5.69 Å². The van der Waals surface area contributed by atoms with Gasteiger partial charge in [-0.3, -0.25) is 28.8 Å². The summed E-state index contributed by atoms with van der Waals surface area (Å²) in [7, 11) is 0. The Kier molecular flexibility index (Phi) is 8.32. The molecule has 3 fully saturated rings. The van der Waals surface area contributed by atoms with Crippen LogP contribution >= 0.6 is 11.3 Å². The summed E-state index contributed by atoms with van der Waals surface area (Å²) in [6, 6.07) is 11.0. The molecule has 2 N–H and O–H groups in total. The molecule has 1 aromatic carbocycles. The molecule has 3 saturated heterocycles. The Morgan fingerprint density at radius 2 is 1.74 bits per heavy atom. The number of aromatic nitrogens is 5. The van der Waals surface area contributed by atoms with Gasteiger partial charge in [0.25, 0.3) is 5.56 Å². The summed E-state index contributed by atoms with van der Waals surface area (Å²) >= 11 is 1.28. The van der Waals surface area contributed by atoms with Crippen LogP contribution in [0.1, 0.15) is 28.3 Å². The van der Waals surface area contributed by atoms with E-state index < -0.39 is 11.2 Å². The number of amides is 1. The number of nitrogens with zero attached hydrogens (tertiary/aromatic N) is 8. The number of carbonyl (C=O) groups excluding carboxylic acids is 2. The molecular formula is C32H36N10O4S. The molecule has 0 bridgehead atoms. The van der Waals surface area contributed by atoms with Crippen LogP contribution in [0, 0.1) is 12.3 Å². The summed E-state index contributed by atoms with van der Waals surface area (Å²) in [5.41, 5.74) is 1.07. The third-order valence-electron chi connectivity index (χ3n) is 9.04. The number of hydrogen-bond donors (Lipinski definition) is 2. The molecule has 0 atom stereocenters. The van der Waals surface area contributed by atoms with Crippen LogP contribution in [0.4, 0.5) is 22.5 Å². The molecule has 0 aliphatic carbocycles. The number of benzene rings is 1. The number of aldehydes is 1. The van der Waals surface area contributed by atoms with Gasteiger partial charge in [-0.2, -0.15) is 0 Å². The Balaban J connectivity index is 0.815. The Morgan fingerprint density at radius 1 is 1.00 bits per heavy atom. The zero-order valence-electron chi connectivity index (χ0n) is 26.1. The highest BCUT2D eigenvalue weighted by atomic mass is 32.1. The zero-order valence-corrected chi connectivity index (χ0v) is 26.9. The number of likely N-dealkylation sites (tertiary alicyclic amines) is 1. The second kappa shape index (κ2) is 12.7. The third kappa shape index (κ3) is 6.67. The number of anilines is 4. The molecule has 47 heavy (non-hydrogen) atoms. The maximum Gasteiger partial charge on any atom is 0.332 e. The van der Waals surface area contributed by atoms with Gasteiger partial charge in [0.2, 0.25) is 5.91 Å². The number of thiazole rings is 1. The van der Waals surface area contributed by atoms with Gasteiger partial charge in [-0.25, -0.2) is 19.7 Å². The van der Waals surface area contributed by atoms with Crippen molar-refractivity contribution in [3.63, 3.8) is 0 Å². The van der Waals surface area contributed by atoms with Crippen molar-refractivity contribution in [3.05, 3.63) is 80.3 Å². The lowest BCUT2D eigenvalue weighted by Gasteiger charge is -2.61. The molecule has 15 heteroatoms. The topological polar surface area (TPSA) is 153 Å². The first kappa shape index (κ1) is 30.7. The van der Waals surface area contributed by atoms with Crippen molar-refractivity contribution in [1.29, 1.82) is 0 Å². The Hall–Kier alpha value is -4.89. The molecule has 1 spiro atoms. The van der Waals surface area contributed by atoms with Crippen LogP contribution < -0.4 is 26.4 Å². The summed E-state index contributed by atoms with van der Waals surface area (Å²) in [6.45, 7) is 9.69. The lowest BCUT2D eigenvalue weighted by Crippen LogP contribution is -2.73. The van der Waals surface area contributed by atoms with Crippen molar-refractivity contribution in [2.24, 2.45) is 5.41 Å². The van der Waals surface area contributed by atoms with E-state index in [0.717, 1.165) is 83.1 Å². The van der Waals surface area contributed by atoms with Crippen LogP contribution in [-0.4, -0.2) is 105 Å². The number of carbonyl (C=O) groups is 2. The van der Waals surface area contributed by atoms with Gasteiger partial charge in [-0.05, 0) is 44.2 Å². The number of nitrogens with one attached hydrogen (secondary N) is 2. The highest BCUT2D eigenvalue weighted by Gasteiger charge is 2.53. The van der Waals surface area contributed by atoms with Crippen molar-refractivity contribution in [1.82, 2.24) is 34.3 Å². The number of aromatic amines is 1. The van der Waals surface area contributed by atoms with Crippen molar-refractivity contribution >= 4 is 46.0 Å². The van der Waals surface area contributed by atoms with Gasteiger partial charge in [0.05, 0.1) is 16.8 Å². The normalized spacial score (nSPS) is 17.3. The first-order chi connectivity index (χ1) is 22.8. The number of H-pyrrole nitrogens is 1. The van der Waals surface area contributed by atoms with Crippen LogP contribution in [-0.2, 0) is 4.79 Å². The maximum atomic E-state index is 12.9. The fourth-order valence-electron chi connectivity index (χ4n) is 6.63. The lowest BCUT2D eigenvalue weighted by atomic mass is 9.72. The highest BCUT2D eigenvalue weighted by Crippen LogP contribution is 2.42. The Morgan fingerprint density at radius 3 is 2.45 bits per heavy atom. The van der Waals surface area contributed by atoms with E-state index >= 15 is 0 Å². The fourth-order valence-corrected chi connectivity index (χ4v) is 7.27. The van der Waals surface area contributed by atoms with Gasteiger partial charge in [-0.1, -0.05) is 11.3 Å². The molecule has 6 heterocycles. The molecule has 3 aromatic heterocycles.